The maximum Gasteiger partial charge on any atom is 0.165 e. The van der Waals surface area contributed by atoms with E-state index in [1.807, 2.05) is 62.3 Å². The number of rotatable bonds is 2. The third-order valence-corrected chi connectivity index (χ3v) is 3.40. The van der Waals surface area contributed by atoms with Crippen molar-refractivity contribution in [1.82, 2.24) is 9.97 Å². The molecule has 4 heteroatoms. The van der Waals surface area contributed by atoms with Gasteiger partial charge < -0.3 is 10.0 Å². The van der Waals surface area contributed by atoms with E-state index in [0.29, 0.717) is 11.4 Å². The zero-order valence-electron chi connectivity index (χ0n) is 12.3. The second kappa shape index (κ2) is 5.05. The van der Waals surface area contributed by atoms with E-state index in [9.17, 15) is 5.11 Å². The predicted molar refractivity (Wildman–Crippen MR) is 85.7 cm³/mol. The molecule has 0 fully saturated rings. The average Bonchev–Trinajstić information content (AvgIpc) is 2.48. The van der Waals surface area contributed by atoms with Gasteiger partial charge in [0.05, 0.1) is 11.1 Å². The summed E-state index contributed by atoms with van der Waals surface area (Å²) in [5.41, 5.74) is 2.59. The first-order valence-electron chi connectivity index (χ1n) is 6.80. The Hall–Kier alpha value is -2.62. The van der Waals surface area contributed by atoms with Crippen LogP contribution in [-0.2, 0) is 0 Å². The highest BCUT2D eigenvalue weighted by Gasteiger charge is 2.13. The summed E-state index contributed by atoms with van der Waals surface area (Å²) in [5.74, 6) is 1.58. The molecule has 0 amide bonds. The SMILES string of the molecule is Cc1ccc(O)c(-c2nc(N(C)C)c3ccccc3n2)c1. The molecule has 0 aliphatic rings. The minimum Gasteiger partial charge on any atom is -0.507 e. The molecular formula is C17H17N3O. The van der Waals surface area contributed by atoms with E-state index in [0.717, 1.165) is 22.3 Å². The molecule has 1 N–H and O–H groups in total. The van der Waals surface area contributed by atoms with Gasteiger partial charge >= 0.3 is 0 Å². The smallest absolute Gasteiger partial charge is 0.165 e. The summed E-state index contributed by atoms with van der Waals surface area (Å²) in [4.78, 5) is 11.2. The average molecular weight is 279 g/mol. The van der Waals surface area contributed by atoms with Gasteiger partial charge in [-0.1, -0.05) is 23.8 Å². The van der Waals surface area contributed by atoms with Gasteiger partial charge in [-0.05, 0) is 31.2 Å². The van der Waals surface area contributed by atoms with Gasteiger partial charge in [0, 0.05) is 19.5 Å². The van der Waals surface area contributed by atoms with Crippen LogP contribution < -0.4 is 4.90 Å². The van der Waals surface area contributed by atoms with Gasteiger partial charge in [-0.3, -0.25) is 0 Å². The third kappa shape index (κ3) is 2.40. The Bertz CT molecular complexity index is 812. The van der Waals surface area contributed by atoms with Crippen molar-refractivity contribution in [3.63, 3.8) is 0 Å². The number of phenols is 1. The van der Waals surface area contributed by atoms with Crippen LogP contribution in [0.5, 0.6) is 5.75 Å². The summed E-state index contributed by atoms with van der Waals surface area (Å²) >= 11 is 0. The highest BCUT2D eigenvalue weighted by atomic mass is 16.3. The van der Waals surface area contributed by atoms with Crippen molar-refractivity contribution < 1.29 is 5.11 Å². The summed E-state index contributed by atoms with van der Waals surface area (Å²) < 4.78 is 0. The largest absolute Gasteiger partial charge is 0.507 e. The van der Waals surface area contributed by atoms with Crippen LogP contribution in [0.3, 0.4) is 0 Å². The summed E-state index contributed by atoms with van der Waals surface area (Å²) in [6.45, 7) is 1.98. The number of aryl methyl sites for hydroxylation is 1. The molecule has 0 aliphatic carbocycles. The van der Waals surface area contributed by atoms with E-state index in [2.05, 4.69) is 9.97 Å². The predicted octanol–water partition coefficient (Wildman–Crippen LogP) is 3.38. The van der Waals surface area contributed by atoms with Crippen molar-refractivity contribution in [3.8, 4) is 17.1 Å². The Labute approximate surface area is 123 Å². The molecule has 4 nitrogen and oxygen atoms in total. The van der Waals surface area contributed by atoms with Crippen LogP contribution >= 0.6 is 0 Å². The fourth-order valence-corrected chi connectivity index (χ4v) is 2.35. The Morgan fingerprint density at radius 3 is 2.52 bits per heavy atom. The van der Waals surface area contributed by atoms with Crippen molar-refractivity contribution in [3.05, 3.63) is 48.0 Å². The van der Waals surface area contributed by atoms with Crippen LogP contribution in [0.2, 0.25) is 0 Å². The third-order valence-electron chi connectivity index (χ3n) is 3.40. The Morgan fingerprint density at radius 1 is 1.00 bits per heavy atom. The molecule has 0 unspecified atom stereocenters. The number of phenolic OH excluding ortho intramolecular Hbond substituents is 1. The lowest BCUT2D eigenvalue weighted by molar-refractivity contribution is 0.477. The van der Waals surface area contributed by atoms with E-state index >= 15 is 0 Å². The maximum absolute atomic E-state index is 10.1. The van der Waals surface area contributed by atoms with Crippen LogP contribution in [-0.4, -0.2) is 29.2 Å². The number of para-hydroxylation sites is 1. The molecule has 0 saturated carbocycles. The molecule has 3 aromatic rings. The van der Waals surface area contributed by atoms with Gasteiger partial charge in [0.1, 0.15) is 11.6 Å². The number of aromatic nitrogens is 2. The quantitative estimate of drug-likeness (QED) is 0.781. The number of hydrogen-bond acceptors (Lipinski definition) is 4. The molecule has 0 atom stereocenters. The van der Waals surface area contributed by atoms with Gasteiger partial charge in [0.2, 0.25) is 0 Å². The van der Waals surface area contributed by atoms with Crippen molar-refractivity contribution >= 4 is 16.7 Å². The fourth-order valence-electron chi connectivity index (χ4n) is 2.35. The molecule has 0 radical (unpaired) electrons. The number of nitrogens with zero attached hydrogens (tertiary/aromatic N) is 3. The normalized spacial score (nSPS) is 10.8. The number of hydrogen-bond donors (Lipinski definition) is 1. The van der Waals surface area contributed by atoms with Crippen LogP contribution in [0.15, 0.2) is 42.5 Å². The van der Waals surface area contributed by atoms with Crippen molar-refractivity contribution in [2.24, 2.45) is 0 Å². The maximum atomic E-state index is 10.1. The molecule has 21 heavy (non-hydrogen) atoms. The van der Waals surface area contributed by atoms with Gasteiger partial charge in [-0.2, -0.15) is 0 Å². The second-order valence-corrected chi connectivity index (χ2v) is 5.30. The lowest BCUT2D eigenvalue weighted by atomic mass is 10.1. The summed E-state index contributed by atoms with van der Waals surface area (Å²) in [6, 6.07) is 13.3. The lowest BCUT2D eigenvalue weighted by Crippen LogP contribution is -2.12. The van der Waals surface area contributed by atoms with E-state index in [-0.39, 0.29) is 5.75 Å². The van der Waals surface area contributed by atoms with Gasteiger partial charge in [0.25, 0.3) is 0 Å². The topological polar surface area (TPSA) is 49.3 Å². The van der Waals surface area contributed by atoms with Gasteiger partial charge in [0.15, 0.2) is 5.82 Å². The fraction of sp³-hybridized carbons (Fsp3) is 0.176. The first-order chi connectivity index (χ1) is 10.1. The highest BCUT2D eigenvalue weighted by Crippen LogP contribution is 2.31. The first kappa shape index (κ1) is 13.4. The molecule has 1 heterocycles. The summed E-state index contributed by atoms with van der Waals surface area (Å²) in [7, 11) is 3.91. The highest BCUT2D eigenvalue weighted by molar-refractivity contribution is 5.91. The van der Waals surface area contributed by atoms with E-state index in [4.69, 9.17) is 0 Å². The molecule has 0 bridgehead atoms. The molecule has 3 rings (SSSR count). The zero-order valence-corrected chi connectivity index (χ0v) is 12.3. The van der Waals surface area contributed by atoms with Crippen LogP contribution in [0, 0.1) is 6.92 Å². The molecule has 0 spiro atoms. The minimum atomic E-state index is 0.195. The molecule has 0 aliphatic heterocycles. The van der Waals surface area contributed by atoms with Crippen molar-refractivity contribution in [2.75, 3.05) is 19.0 Å². The summed E-state index contributed by atoms with van der Waals surface area (Å²) in [6.07, 6.45) is 0. The standard InChI is InChI=1S/C17H17N3O/c1-11-8-9-15(21)13(10-11)16-18-14-7-5-4-6-12(14)17(19-16)20(2)3/h4-10,21H,1-3H3. The molecule has 0 saturated heterocycles. The van der Waals surface area contributed by atoms with Crippen LogP contribution in [0.1, 0.15) is 5.56 Å². The number of fused-ring (bicyclic) bond motifs is 1. The van der Waals surface area contributed by atoms with Gasteiger partial charge in [-0.25, -0.2) is 9.97 Å². The first-order valence-corrected chi connectivity index (χ1v) is 6.80. The molecular weight excluding hydrogens is 262 g/mol. The zero-order chi connectivity index (χ0) is 15.0. The summed E-state index contributed by atoms with van der Waals surface area (Å²) in [5, 5.41) is 11.1. The van der Waals surface area contributed by atoms with Crippen molar-refractivity contribution in [1.29, 1.82) is 0 Å². The van der Waals surface area contributed by atoms with Gasteiger partial charge in [-0.15, -0.1) is 0 Å². The van der Waals surface area contributed by atoms with E-state index < -0.39 is 0 Å². The number of aromatic hydroxyl groups is 1. The number of anilines is 1. The van der Waals surface area contributed by atoms with E-state index in [1.165, 1.54) is 0 Å². The van der Waals surface area contributed by atoms with Crippen molar-refractivity contribution in [2.45, 2.75) is 6.92 Å². The minimum absolute atomic E-state index is 0.195. The van der Waals surface area contributed by atoms with E-state index in [1.54, 1.807) is 6.07 Å². The Balaban J connectivity index is 2.31. The second-order valence-electron chi connectivity index (χ2n) is 5.30. The van der Waals surface area contributed by atoms with Crippen LogP contribution in [0.4, 0.5) is 5.82 Å². The molecule has 106 valence electrons. The monoisotopic (exact) mass is 279 g/mol. The molecule has 1 aromatic heterocycles. The Kier molecular flexibility index (Phi) is 3.22. The Morgan fingerprint density at radius 2 is 1.76 bits per heavy atom. The van der Waals surface area contributed by atoms with Crippen LogP contribution in [0.25, 0.3) is 22.3 Å². The molecule has 2 aromatic carbocycles. The number of benzene rings is 2. The lowest BCUT2D eigenvalue weighted by Gasteiger charge is -2.16.